The monoisotopic (exact) mass is 535 g/mol. The average Bonchev–Trinajstić information content (AvgIpc) is 2.89. The van der Waals surface area contributed by atoms with Gasteiger partial charge in [0.2, 0.25) is 5.91 Å². The van der Waals surface area contributed by atoms with Crippen molar-refractivity contribution in [3.8, 4) is 0 Å². The van der Waals surface area contributed by atoms with Gasteiger partial charge in [-0.2, -0.15) is 0 Å². The van der Waals surface area contributed by atoms with Crippen molar-refractivity contribution in [1.29, 1.82) is 0 Å². The van der Waals surface area contributed by atoms with E-state index in [1.807, 2.05) is 83.1 Å². The van der Waals surface area contributed by atoms with Crippen molar-refractivity contribution in [1.82, 2.24) is 10.2 Å². The van der Waals surface area contributed by atoms with Crippen molar-refractivity contribution in [2.45, 2.75) is 92.0 Å². The second kappa shape index (κ2) is 14.0. The molecule has 0 aromatic heterocycles. The van der Waals surface area contributed by atoms with Crippen LogP contribution in [0.4, 0.5) is 10.5 Å². The number of anilines is 1. The highest BCUT2D eigenvalue weighted by Crippen LogP contribution is 2.30. The van der Waals surface area contributed by atoms with Crippen molar-refractivity contribution in [2.75, 3.05) is 5.32 Å². The lowest BCUT2D eigenvalue weighted by Crippen LogP contribution is -2.56. The summed E-state index contributed by atoms with van der Waals surface area (Å²) in [6, 6.07) is 12.9. The van der Waals surface area contributed by atoms with Gasteiger partial charge in [-0.05, 0) is 75.8 Å². The first-order valence-corrected chi connectivity index (χ1v) is 13.7. The minimum atomic E-state index is -0.945. The maximum atomic E-state index is 14.4. The van der Waals surface area contributed by atoms with Crippen molar-refractivity contribution in [3.63, 3.8) is 0 Å². The molecule has 0 aliphatic rings. The number of nitrogens with one attached hydrogen (secondary N) is 2. The summed E-state index contributed by atoms with van der Waals surface area (Å²) in [4.78, 5) is 42.9. The number of amides is 3. The molecule has 2 rings (SSSR count). The van der Waals surface area contributed by atoms with Gasteiger partial charge in [0.25, 0.3) is 5.91 Å². The predicted octanol–water partition coefficient (Wildman–Crippen LogP) is 6.88. The Balaban J connectivity index is 2.63. The van der Waals surface area contributed by atoms with E-state index in [-0.39, 0.29) is 23.8 Å². The number of carbonyl (C=O) groups excluding carboxylic acids is 3. The highest BCUT2D eigenvalue weighted by atomic mass is 16.6. The second-order valence-corrected chi connectivity index (χ2v) is 11.1. The van der Waals surface area contributed by atoms with Crippen LogP contribution in [0.1, 0.15) is 84.0 Å². The minimum Gasteiger partial charge on any atom is -0.444 e. The normalized spacial score (nSPS) is 14.4. The number of alkyl carbamates (subject to hydrolysis) is 1. The number of carbonyl (C=O) groups is 3. The Morgan fingerprint density at radius 1 is 1.03 bits per heavy atom. The molecule has 2 aromatic rings. The van der Waals surface area contributed by atoms with E-state index in [9.17, 15) is 14.4 Å². The van der Waals surface area contributed by atoms with Gasteiger partial charge in [0, 0.05) is 11.7 Å². The second-order valence-electron chi connectivity index (χ2n) is 11.1. The van der Waals surface area contributed by atoms with Gasteiger partial charge >= 0.3 is 6.09 Å². The maximum absolute atomic E-state index is 14.4. The zero-order chi connectivity index (χ0) is 29.3. The number of hydrogen-bond acceptors (Lipinski definition) is 4. The lowest BCUT2D eigenvalue weighted by Gasteiger charge is -2.39. The predicted molar refractivity (Wildman–Crippen MR) is 158 cm³/mol. The fourth-order valence-corrected chi connectivity index (χ4v) is 4.28. The summed E-state index contributed by atoms with van der Waals surface area (Å²) >= 11 is 0. The molecule has 3 amide bonds. The molecular formula is C32H45N3O4. The molecule has 0 fully saturated rings. The summed E-state index contributed by atoms with van der Waals surface area (Å²) < 4.78 is 5.48. The first-order valence-electron chi connectivity index (χ1n) is 13.7. The fraction of sp³-hybridized carbons (Fsp3) is 0.469. The molecule has 0 bridgehead atoms. The highest BCUT2D eigenvalue weighted by molar-refractivity contribution is 5.99. The Morgan fingerprint density at radius 2 is 1.69 bits per heavy atom. The van der Waals surface area contributed by atoms with Gasteiger partial charge in [0.15, 0.2) is 0 Å². The molecule has 0 aliphatic carbocycles. The van der Waals surface area contributed by atoms with Crippen molar-refractivity contribution < 1.29 is 19.1 Å². The van der Waals surface area contributed by atoms with Crippen molar-refractivity contribution in [2.24, 2.45) is 5.92 Å². The summed E-state index contributed by atoms with van der Waals surface area (Å²) in [5.74, 6) is -0.867. The molecule has 0 radical (unpaired) electrons. The third-order valence-corrected chi connectivity index (χ3v) is 6.86. The van der Waals surface area contributed by atoms with E-state index in [1.165, 1.54) is 0 Å². The first-order chi connectivity index (χ1) is 18.3. The molecule has 0 saturated carbocycles. The van der Waals surface area contributed by atoms with E-state index in [2.05, 4.69) is 17.2 Å². The van der Waals surface area contributed by atoms with E-state index in [0.29, 0.717) is 24.1 Å². The standard InChI is InChI=1S/C32H45N3O4/c1-10-21(4)27(34-31(38)39-32(7,8)9)30(37)35(23(6)11-2)28(25-18-15-17-24(12-3)20-25)29(36)33-26-19-14-13-16-22(26)5/h12-21,23,27-28H,3,10-11H2,1-2,4-9H3,(H,33,36)(H,34,38). The molecule has 0 spiro atoms. The first kappa shape index (κ1) is 31.6. The van der Waals surface area contributed by atoms with Gasteiger partial charge in [0.05, 0.1) is 0 Å². The Morgan fingerprint density at radius 3 is 2.26 bits per heavy atom. The minimum absolute atomic E-state index is 0.198. The van der Waals surface area contributed by atoms with E-state index >= 15 is 0 Å². The molecule has 4 atom stereocenters. The van der Waals surface area contributed by atoms with Crippen LogP contribution in [0.3, 0.4) is 0 Å². The molecule has 7 nitrogen and oxygen atoms in total. The number of para-hydroxylation sites is 1. The number of benzene rings is 2. The third-order valence-electron chi connectivity index (χ3n) is 6.86. The van der Waals surface area contributed by atoms with Gasteiger partial charge in [0.1, 0.15) is 17.7 Å². The van der Waals surface area contributed by atoms with Crippen LogP contribution in [-0.2, 0) is 14.3 Å². The van der Waals surface area contributed by atoms with Gasteiger partial charge < -0.3 is 20.3 Å². The van der Waals surface area contributed by atoms with Crippen molar-refractivity contribution in [3.05, 3.63) is 71.8 Å². The van der Waals surface area contributed by atoms with Crippen LogP contribution in [0.2, 0.25) is 0 Å². The molecule has 7 heteroatoms. The quantitative estimate of drug-likeness (QED) is 0.328. The third kappa shape index (κ3) is 8.70. The van der Waals surface area contributed by atoms with Gasteiger partial charge in [-0.3, -0.25) is 9.59 Å². The van der Waals surface area contributed by atoms with Crippen LogP contribution in [0.25, 0.3) is 6.08 Å². The van der Waals surface area contributed by atoms with E-state index in [1.54, 1.807) is 31.7 Å². The van der Waals surface area contributed by atoms with Gasteiger partial charge in [-0.15, -0.1) is 0 Å². The van der Waals surface area contributed by atoms with E-state index in [0.717, 1.165) is 11.1 Å². The zero-order valence-corrected chi connectivity index (χ0v) is 24.7. The van der Waals surface area contributed by atoms with Crippen LogP contribution in [-0.4, -0.2) is 40.5 Å². The van der Waals surface area contributed by atoms with Crippen LogP contribution in [0.15, 0.2) is 55.1 Å². The van der Waals surface area contributed by atoms with Crippen LogP contribution >= 0.6 is 0 Å². The number of rotatable bonds is 11. The SMILES string of the molecule is C=Cc1cccc(C(C(=O)Nc2ccccc2C)N(C(=O)C(NC(=O)OC(C)(C)C)C(C)CC)C(C)CC)c1. The number of ether oxygens (including phenoxy) is 1. The number of hydrogen-bond donors (Lipinski definition) is 2. The summed E-state index contributed by atoms with van der Waals surface area (Å²) in [6.45, 7) is 18.9. The Bertz CT molecular complexity index is 1150. The summed E-state index contributed by atoms with van der Waals surface area (Å²) in [5, 5.41) is 5.85. The molecule has 4 unspecified atom stereocenters. The molecule has 39 heavy (non-hydrogen) atoms. The zero-order valence-electron chi connectivity index (χ0n) is 24.7. The van der Waals surface area contributed by atoms with Crippen molar-refractivity contribution >= 4 is 29.7 Å². The fourth-order valence-electron chi connectivity index (χ4n) is 4.28. The van der Waals surface area contributed by atoms with E-state index in [4.69, 9.17) is 4.74 Å². The van der Waals surface area contributed by atoms with Gasteiger partial charge in [-0.1, -0.05) is 76.2 Å². The average molecular weight is 536 g/mol. The number of nitrogens with zero attached hydrogens (tertiary/aromatic N) is 1. The number of aryl methyl sites for hydroxylation is 1. The lowest BCUT2D eigenvalue weighted by molar-refractivity contribution is -0.144. The summed E-state index contributed by atoms with van der Waals surface area (Å²) in [7, 11) is 0. The maximum Gasteiger partial charge on any atom is 0.408 e. The highest BCUT2D eigenvalue weighted by Gasteiger charge is 2.40. The topological polar surface area (TPSA) is 87.7 Å². The van der Waals surface area contributed by atoms with Crippen LogP contribution in [0, 0.1) is 12.8 Å². The molecule has 0 saturated heterocycles. The largest absolute Gasteiger partial charge is 0.444 e. The van der Waals surface area contributed by atoms with Gasteiger partial charge in [-0.25, -0.2) is 4.79 Å². The lowest BCUT2D eigenvalue weighted by atomic mass is 9.93. The smallest absolute Gasteiger partial charge is 0.408 e. The summed E-state index contributed by atoms with van der Waals surface area (Å²) in [6.07, 6.45) is 2.30. The Labute approximate surface area is 234 Å². The Kier molecular flexibility index (Phi) is 11.3. The molecule has 0 heterocycles. The Hall–Kier alpha value is -3.61. The van der Waals surface area contributed by atoms with E-state index < -0.39 is 23.8 Å². The molecule has 2 N–H and O–H groups in total. The van der Waals surface area contributed by atoms with Crippen LogP contribution < -0.4 is 10.6 Å². The molecule has 0 aliphatic heterocycles. The molecule has 212 valence electrons. The summed E-state index contributed by atoms with van der Waals surface area (Å²) in [5.41, 5.74) is 2.37. The van der Waals surface area contributed by atoms with Crippen LogP contribution in [0.5, 0.6) is 0 Å². The molecular weight excluding hydrogens is 490 g/mol. The molecule has 2 aromatic carbocycles.